The maximum Gasteiger partial charge on any atom is 0.307 e. The summed E-state index contributed by atoms with van der Waals surface area (Å²) < 4.78 is 5.72. The lowest BCUT2D eigenvalue weighted by Gasteiger charge is -2.49. The molecule has 2 atom stereocenters. The number of nitrogens with zero attached hydrogens (tertiary/aromatic N) is 2. The van der Waals surface area contributed by atoms with Gasteiger partial charge in [0, 0.05) is 30.4 Å². The van der Waals surface area contributed by atoms with E-state index in [2.05, 4.69) is 27.4 Å². The first kappa shape index (κ1) is 16.1. The van der Waals surface area contributed by atoms with E-state index >= 15 is 0 Å². The lowest BCUT2D eigenvalue weighted by molar-refractivity contribution is 0.0210. The molecule has 0 radical (unpaired) electrons. The Labute approximate surface area is 147 Å². The molecule has 6 heteroatoms. The molecule has 3 saturated heterocycles. The summed E-state index contributed by atoms with van der Waals surface area (Å²) in [6, 6.07) is 8.38. The van der Waals surface area contributed by atoms with Crippen molar-refractivity contribution >= 4 is 11.6 Å². The summed E-state index contributed by atoms with van der Waals surface area (Å²) in [6.45, 7) is 4.48. The smallest absolute Gasteiger partial charge is 0.307 e. The molecule has 6 nitrogen and oxygen atoms in total. The molecule has 0 unspecified atom stereocenters. The number of aromatic nitrogens is 1. The van der Waals surface area contributed by atoms with Crippen LogP contribution in [0.4, 0.5) is 5.69 Å². The van der Waals surface area contributed by atoms with E-state index in [0.717, 1.165) is 37.2 Å². The van der Waals surface area contributed by atoms with Crippen molar-refractivity contribution in [1.82, 2.24) is 15.2 Å². The molecule has 1 amide bonds. The van der Waals surface area contributed by atoms with Gasteiger partial charge in [-0.25, -0.2) is 4.98 Å². The molecule has 1 aromatic carbocycles. The minimum atomic E-state index is -0.221. The van der Waals surface area contributed by atoms with E-state index in [4.69, 9.17) is 4.42 Å². The van der Waals surface area contributed by atoms with Crippen LogP contribution in [-0.2, 0) is 0 Å². The number of amides is 1. The highest BCUT2D eigenvalue weighted by molar-refractivity contribution is 5.90. The van der Waals surface area contributed by atoms with E-state index in [9.17, 15) is 4.79 Å². The number of carbonyl (C=O) groups excluding carboxylic acids is 1. The Hall–Kier alpha value is -2.34. The van der Waals surface area contributed by atoms with Crippen molar-refractivity contribution in [2.45, 2.75) is 31.8 Å². The van der Waals surface area contributed by atoms with Crippen LogP contribution in [0.1, 0.15) is 30.5 Å². The first-order valence-corrected chi connectivity index (χ1v) is 8.94. The van der Waals surface area contributed by atoms with Gasteiger partial charge in [0.2, 0.25) is 0 Å². The van der Waals surface area contributed by atoms with Crippen LogP contribution in [0, 0.1) is 5.92 Å². The zero-order valence-corrected chi connectivity index (χ0v) is 14.7. The van der Waals surface area contributed by atoms with Crippen LogP contribution in [-0.4, -0.2) is 48.0 Å². The number of oxazole rings is 1. The van der Waals surface area contributed by atoms with Crippen LogP contribution in [0.3, 0.4) is 0 Å². The summed E-state index contributed by atoms with van der Waals surface area (Å²) in [6.07, 6.45) is 3.93. The van der Waals surface area contributed by atoms with E-state index in [1.807, 2.05) is 31.3 Å². The molecule has 0 aliphatic carbocycles. The summed E-state index contributed by atoms with van der Waals surface area (Å²) in [5.74, 6) is 1.07. The van der Waals surface area contributed by atoms with Crippen LogP contribution < -0.4 is 10.6 Å². The number of anilines is 1. The molecule has 0 spiro atoms. The predicted molar refractivity (Wildman–Crippen MR) is 96.5 cm³/mol. The predicted octanol–water partition coefficient (Wildman–Crippen LogP) is 2.60. The molecule has 1 aromatic heterocycles. The molecule has 4 heterocycles. The van der Waals surface area contributed by atoms with Gasteiger partial charge >= 0.3 is 5.91 Å². The Balaban J connectivity index is 1.49. The van der Waals surface area contributed by atoms with E-state index in [-0.39, 0.29) is 17.8 Å². The van der Waals surface area contributed by atoms with Crippen molar-refractivity contribution in [2.75, 3.05) is 25.5 Å². The SMILES string of the molecule is CNc1cccc(-c2cnc(C(=O)N[C@@H]3C4CCN(CC4)[C@@H]3C)o2)c1. The van der Waals surface area contributed by atoms with E-state index < -0.39 is 0 Å². The van der Waals surface area contributed by atoms with Crippen LogP contribution in [0.5, 0.6) is 0 Å². The number of fused-ring (bicyclic) bond motifs is 3. The molecule has 3 aliphatic heterocycles. The van der Waals surface area contributed by atoms with Gasteiger partial charge in [0.15, 0.2) is 5.76 Å². The van der Waals surface area contributed by atoms with Gasteiger partial charge in [-0.05, 0) is 50.9 Å². The average molecular weight is 340 g/mol. The average Bonchev–Trinajstić information content (AvgIpc) is 3.15. The largest absolute Gasteiger partial charge is 0.432 e. The van der Waals surface area contributed by atoms with Gasteiger partial charge in [0.1, 0.15) is 0 Å². The second kappa shape index (κ2) is 6.52. The number of piperidine rings is 3. The molecule has 2 N–H and O–H groups in total. The molecule has 2 bridgehead atoms. The van der Waals surface area contributed by atoms with Gasteiger partial charge in [-0.2, -0.15) is 0 Å². The first-order valence-electron chi connectivity index (χ1n) is 8.94. The zero-order valence-electron chi connectivity index (χ0n) is 14.7. The number of carbonyl (C=O) groups is 1. The van der Waals surface area contributed by atoms with Gasteiger partial charge in [-0.1, -0.05) is 12.1 Å². The summed E-state index contributed by atoms with van der Waals surface area (Å²) >= 11 is 0. The normalized spacial score (nSPS) is 27.9. The third-order valence-corrected chi connectivity index (χ3v) is 5.61. The van der Waals surface area contributed by atoms with Crippen molar-refractivity contribution in [1.29, 1.82) is 0 Å². The van der Waals surface area contributed by atoms with Crippen molar-refractivity contribution in [3.63, 3.8) is 0 Å². The maximum absolute atomic E-state index is 12.6. The molecule has 132 valence electrons. The fraction of sp³-hybridized carbons (Fsp3) is 0.474. The van der Waals surface area contributed by atoms with Crippen LogP contribution in [0.2, 0.25) is 0 Å². The molecule has 3 fully saturated rings. The lowest BCUT2D eigenvalue weighted by atomic mass is 9.79. The molecule has 25 heavy (non-hydrogen) atoms. The highest BCUT2D eigenvalue weighted by Gasteiger charge is 2.40. The second-order valence-corrected chi connectivity index (χ2v) is 6.97. The standard InChI is InChI=1S/C19H24N4O2/c1-12-17(13-6-8-23(12)9-7-13)22-18(24)19-21-11-16(25-19)14-4-3-5-15(10-14)20-2/h3-5,10-13,17,20H,6-9H2,1-2H3,(H,22,24)/t12-,17+/m1/s1. The third kappa shape index (κ3) is 3.02. The van der Waals surface area contributed by atoms with Crippen molar-refractivity contribution in [3.8, 4) is 11.3 Å². The minimum absolute atomic E-state index is 0.133. The Bertz CT molecular complexity index is 762. The molecule has 2 aromatic rings. The van der Waals surface area contributed by atoms with Crippen LogP contribution in [0.25, 0.3) is 11.3 Å². The Morgan fingerprint density at radius 1 is 1.32 bits per heavy atom. The van der Waals surface area contributed by atoms with Gasteiger partial charge in [0.25, 0.3) is 5.89 Å². The van der Waals surface area contributed by atoms with Crippen LogP contribution in [0.15, 0.2) is 34.9 Å². The number of nitrogens with one attached hydrogen (secondary N) is 2. The fourth-order valence-corrected chi connectivity index (χ4v) is 4.10. The van der Waals surface area contributed by atoms with E-state index in [0.29, 0.717) is 17.7 Å². The summed E-state index contributed by atoms with van der Waals surface area (Å²) in [4.78, 5) is 19.2. The van der Waals surface area contributed by atoms with Crippen molar-refractivity contribution in [2.24, 2.45) is 5.92 Å². The topological polar surface area (TPSA) is 70.4 Å². The summed E-state index contributed by atoms with van der Waals surface area (Å²) in [5, 5.41) is 6.25. The van der Waals surface area contributed by atoms with Crippen molar-refractivity contribution < 1.29 is 9.21 Å². The lowest BCUT2D eigenvalue weighted by Crippen LogP contribution is -2.62. The van der Waals surface area contributed by atoms with E-state index in [1.54, 1.807) is 6.20 Å². The molecule has 0 saturated carbocycles. The van der Waals surface area contributed by atoms with Gasteiger partial charge in [-0.15, -0.1) is 0 Å². The summed E-state index contributed by atoms with van der Waals surface area (Å²) in [5.41, 5.74) is 1.88. The fourth-order valence-electron chi connectivity index (χ4n) is 4.10. The number of rotatable bonds is 4. The van der Waals surface area contributed by atoms with E-state index in [1.165, 1.54) is 0 Å². The zero-order chi connectivity index (χ0) is 17.4. The van der Waals surface area contributed by atoms with Gasteiger partial charge < -0.3 is 15.1 Å². The highest BCUT2D eigenvalue weighted by Crippen LogP contribution is 2.32. The third-order valence-electron chi connectivity index (χ3n) is 5.61. The summed E-state index contributed by atoms with van der Waals surface area (Å²) in [7, 11) is 1.87. The van der Waals surface area contributed by atoms with Gasteiger partial charge in [-0.3, -0.25) is 9.69 Å². The Morgan fingerprint density at radius 3 is 2.84 bits per heavy atom. The Morgan fingerprint density at radius 2 is 2.12 bits per heavy atom. The molecular formula is C19H24N4O2. The molecule has 5 rings (SSSR count). The van der Waals surface area contributed by atoms with Crippen molar-refractivity contribution in [3.05, 3.63) is 36.4 Å². The quantitative estimate of drug-likeness (QED) is 0.895. The number of hydrogen-bond donors (Lipinski definition) is 2. The number of benzene rings is 1. The second-order valence-electron chi connectivity index (χ2n) is 6.97. The Kier molecular flexibility index (Phi) is 4.21. The van der Waals surface area contributed by atoms with Gasteiger partial charge in [0.05, 0.1) is 6.20 Å². The monoisotopic (exact) mass is 340 g/mol. The maximum atomic E-state index is 12.6. The molecule has 3 aliphatic rings. The minimum Gasteiger partial charge on any atom is -0.432 e. The highest BCUT2D eigenvalue weighted by atomic mass is 16.4. The first-order chi connectivity index (χ1) is 12.2. The number of hydrogen-bond acceptors (Lipinski definition) is 5. The van der Waals surface area contributed by atoms with Crippen LogP contribution >= 0.6 is 0 Å². The molecular weight excluding hydrogens is 316 g/mol.